The number of anilines is 1. The molecular formula is C29H33N7O2S. The zero-order valence-corrected chi connectivity index (χ0v) is 22.9. The SMILES string of the molecule is CCC1(CO)C2CC21c1nc(C(=O)NCC2CCN(Cc3cnc(-c4ccccn4)s3)CC2)cc(N)c1C#N. The lowest BCUT2D eigenvalue weighted by Gasteiger charge is -2.31. The molecule has 39 heavy (non-hydrogen) atoms. The molecule has 0 bridgehead atoms. The fourth-order valence-corrected chi connectivity index (χ4v) is 7.65. The average molecular weight is 544 g/mol. The number of carbonyl (C=O) groups excluding carboxylic acids is 1. The zero-order chi connectivity index (χ0) is 27.2. The number of pyridine rings is 2. The molecule has 1 amide bonds. The molecule has 6 rings (SSSR count). The maximum absolute atomic E-state index is 13.1. The molecule has 3 aromatic rings. The van der Waals surface area contributed by atoms with Gasteiger partial charge in [-0.15, -0.1) is 11.3 Å². The van der Waals surface area contributed by atoms with Crippen molar-refractivity contribution in [1.82, 2.24) is 25.2 Å². The van der Waals surface area contributed by atoms with Crippen molar-refractivity contribution >= 4 is 22.9 Å². The Morgan fingerprint density at radius 1 is 1.33 bits per heavy atom. The molecule has 4 heterocycles. The number of thiazole rings is 1. The third-order valence-electron chi connectivity index (χ3n) is 9.24. The summed E-state index contributed by atoms with van der Waals surface area (Å²) in [6.07, 6.45) is 7.43. The maximum atomic E-state index is 13.1. The van der Waals surface area contributed by atoms with Crippen LogP contribution in [0.2, 0.25) is 0 Å². The van der Waals surface area contributed by atoms with E-state index in [9.17, 15) is 15.2 Å². The second-order valence-corrected chi connectivity index (χ2v) is 12.2. The van der Waals surface area contributed by atoms with Crippen LogP contribution in [-0.4, -0.2) is 57.1 Å². The molecule has 202 valence electrons. The van der Waals surface area contributed by atoms with E-state index >= 15 is 0 Å². The zero-order valence-electron chi connectivity index (χ0n) is 22.1. The van der Waals surface area contributed by atoms with Crippen LogP contribution in [0.1, 0.15) is 59.2 Å². The summed E-state index contributed by atoms with van der Waals surface area (Å²) in [4.78, 5) is 30.4. The minimum absolute atomic E-state index is 0.0597. The smallest absolute Gasteiger partial charge is 0.269 e. The van der Waals surface area contributed by atoms with Gasteiger partial charge in [0.25, 0.3) is 5.91 Å². The standard InChI is InChI=1S/C29H33N7O2S/c1-2-28(17-37)24-12-29(24,28)25-20(13-30)21(31)11-23(35-25)26(38)33-14-18-6-9-36(10-7-18)16-19-15-34-27(39-19)22-5-3-4-8-32-22/h3-5,8,11,15,18,24,37H,2,6-7,9-10,12,14,16-17H2,1H3,(H2,31,35)(H,33,38). The van der Waals surface area contributed by atoms with Crippen molar-refractivity contribution < 1.29 is 9.90 Å². The van der Waals surface area contributed by atoms with E-state index in [0.29, 0.717) is 29.6 Å². The Balaban J connectivity index is 1.04. The van der Waals surface area contributed by atoms with Crippen molar-refractivity contribution in [3.63, 3.8) is 0 Å². The van der Waals surface area contributed by atoms with E-state index in [-0.39, 0.29) is 34.7 Å². The molecule has 0 radical (unpaired) electrons. The second-order valence-electron chi connectivity index (χ2n) is 11.1. The van der Waals surface area contributed by atoms with Gasteiger partial charge in [-0.2, -0.15) is 5.26 Å². The van der Waals surface area contributed by atoms with E-state index in [1.807, 2.05) is 24.4 Å². The number of fused-ring (bicyclic) bond motifs is 1. The van der Waals surface area contributed by atoms with E-state index in [1.165, 1.54) is 10.9 Å². The molecule has 1 aliphatic heterocycles. The van der Waals surface area contributed by atoms with Gasteiger partial charge in [-0.1, -0.05) is 13.0 Å². The highest BCUT2D eigenvalue weighted by molar-refractivity contribution is 7.14. The van der Waals surface area contributed by atoms with Crippen LogP contribution < -0.4 is 11.1 Å². The number of aromatic nitrogens is 3. The normalized spacial score (nSPS) is 26.0. The summed E-state index contributed by atoms with van der Waals surface area (Å²) >= 11 is 1.69. The summed E-state index contributed by atoms with van der Waals surface area (Å²) in [5.41, 5.74) is 8.05. The Kier molecular flexibility index (Phi) is 6.61. The number of carbonyl (C=O) groups is 1. The molecule has 1 saturated heterocycles. The molecule has 2 aliphatic carbocycles. The van der Waals surface area contributed by atoms with Gasteiger partial charge in [0.05, 0.1) is 22.6 Å². The number of nitriles is 1. The quantitative estimate of drug-likeness (QED) is 0.373. The molecular weight excluding hydrogens is 510 g/mol. The van der Waals surface area contributed by atoms with Gasteiger partial charge in [0.1, 0.15) is 16.8 Å². The number of likely N-dealkylation sites (tertiary alicyclic amines) is 1. The lowest BCUT2D eigenvalue weighted by Crippen LogP contribution is -2.38. The van der Waals surface area contributed by atoms with Gasteiger partial charge in [0.2, 0.25) is 0 Å². The summed E-state index contributed by atoms with van der Waals surface area (Å²) in [6.45, 7) is 5.50. The number of aliphatic hydroxyl groups excluding tert-OH is 1. The summed E-state index contributed by atoms with van der Waals surface area (Å²) in [5.74, 6) is 0.443. The van der Waals surface area contributed by atoms with Crippen LogP contribution in [-0.2, 0) is 12.0 Å². The van der Waals surface area contributed by atoms with E-state index in [0.717, 1.165) is 56.0 Å². The fraction of sp³-hybridized carbons (Fsp3) is 0.483. The van der Waals surface area contributed by atoms with Crippen molar-refractivity contribution in [2.75, 3.05) is 32.0 Å². The van der Waals surface area contributed by atoms with Crippen molar-refractivity contribution in [3.05, 3.63) is 58.5 Å². The lowest BCUT2D eigenvalue weighted by atomic mass is 9.82. The van der Waals surface area contributed by atoms with Crippen LogP contribution in [0.4, 0.5) is 5.69 Å². The first kappa shape index (κ1) is 25.9. The van der Waals surface area contributed by atoms with Gasteiger partial charge >= 0.3 is 0 Å². The molecule has 10 heteroatoms. The van der Waals surface area contributed by atoms with E-state index in [2.05, 4.69) is 38.2 Å². The molecule has 9 nitrogen and oxygen atoms in total. The van der Waals surface area contributed by atoms with Crippen molar-refractivity contribution in [3.8, 4) is 16.8 Å². The van der Waals surface area contributed by atoms with Crippen molar-refractivity contribution in [1.29, 1.82) is 5.26 Å². The van der Waals surface area contributed by atoms with Gasteiger partial charge < -0.3 is 16.2 Å². The van der Waals surface area contributed by atoms with E-state index in [4.69, 9.17) is 5.73 Å². The topological polar surface area (TPSA) is 141 Å². The largest absolute Gasteiger partial charge is 0.398 e. The second kappa shape index (κ2) is 9.97. The van der Waals surface area contributed by atoms with Crippen LogP contribution in [0, 0.1) is 28.6 Å². The van der Waals surface area contributed by atoms with Gasteiger partial charge in [0, 0.05) is 47.8 Å². The molecule has 3 aliphatic rings. The number of hydrogen-bond acceptors (Lipinski definition) is 9. The Hall–Kier alpha value is -3.39. The summed E-state index contributed by atoms with van der Waals surface area (Å²) in [7, 11) is 0. The minimum atomic E-state index is -0.310. The first-order chi connectivity index (χ1) is 19.0. The summed E-state index contributed by atoms with van der Waals surface area (Å²) in [6, 6.07) is 9.56. The summed E-state index contributed by atoms with van der Waals surface area (Å²) in [5, 5.41) is 23.8. The van der Waals surface area contributed by atoms with Crippen molar-refractivity contribution in [2.24, 2.45) is 17.3 Å². The first-order valence-electron chi connectivity index (χ1n) is 13.6. The van der Waals surface area contributed by atoms with Crippen LogP contribution in [0.3, 0.4) is 0 Å². The number of rotatable bonds is 9. The molecule has 3 atom stereocenters. The lowest BCUT2D eigenvalue weighted by molar-refractivity contribution is 0.0930. The van der Waals surface area contributed by atoms with Gasteiger partial charge in [-0.25, -0.2) is 9.97 Å². The number of nitrogen functional groups attached to an aromatic ring is 1. The Labute approximate surface area is 232 Å². The third kappa shape index (κ3) is 4.29. The predicted molar refractivity (Wildman–Crippen MR) is 149 cm³/mol. The van der Waals surface area contributed by atoms with Gasteiger partial charge in [-0.05, 0) is 68.8 Å². The Morgan fingerprint density at radius 2 is 2.15 bits per heavy atom. The van der Waals surface area contributed by atoms with Crippen LogP contribution >= 0.6 is 11.3 Å². The maximum Gasteiger partial charge on any atom is 0.269 e. The fourth-order valence-electron chi connectivity index (χ4n) is 6.72. The molecule has 3 fully saturated rings. The molecule has 0 aromatic carbocycles. The number of hydrogen-bond donors (Lipinski definition) is 3. The van der Waals surface area contributed by atoms with Crippen LogP contribution in [0.15, 0.2) is 36.7 Å². The predicted octanol–water partition coefficient (Wildman–Crippen LogP) is 3.36. The van der Waals surface area contributed by atoms with Gasteiger partial charge in [-0.3, -0.25) is 14.7 Å². The van der Waals surface area contributed by atoms with Gasteiger partial charge in [0.15, 0.2) is 0 Å². The number of nitrogens with zero attached hydrogens (tertiary/aromatic N) is 5. The van der Waals surface area contributed by atoms with Crippen LogP contribution in [0.25, 0.3) is 10.7 Å². The van der Waals surface area contributed by atoms with Crippen LogP contribution in [0.5, 0.6) is 0 Å². The number of amides is 1. The molecule has 3 aromatic heterocycles. The molecule has 0 spiro atoms. The highest BCUT2D eigenvalue weighted by Gasteiger charge is 2.89. The number of aliphatic hydroxyl groups is 1. The van der Waals surface area contributed by atoms with E-state index < -0.39 is 0 Å². The average Bonchev–Trinajstić information content (AvgIpc) is 3.78. The van der Waals surface area contributed by atoms with E-state index in [1.54, 1.807) is 17.5 Å². The molecule has 3 unspecified atom stereocenters. The highest BCUT2D eigenvalue weighted by atomic mass is 32.1. The monoisotopic (exact) mass is 543 g/mol. The molecule has 4 N–H and O–H groups in total. The minimum Gasteiger partial charge on any atom is -0.398 e. The number of nitrogens with one attached hydrogen (secondary N) is 1. The first-order valence-corrected chi connectivity index (χ1v) is 14.5. The third-order valence-corrected chi connectivity index (χ3v) is 10.2. The molecule has 2 saturated carbocycles. The Bertz CT molecular complexity index is 1420. The highest BCUT2D eigenvalue weighted by Crippen LogP contribution is 2.88. The summed E-state index contributed by atoms with van der Waals surface area (Å²) < 4.78 is 0. The van der Waals surface area contributed by atoms with Crippen molar-refractivity contribution in [2.45, 2.75) is 44.6 Å². The number of nitrogens with two attached hydrogens (primary N) is 1. The Morgan fingerprint density at radius 3 is 2.79 bits per heavy atom. The number of piperidine rings is 1.